The van der Waals surface area contributed by atoms with E-state index in [4.69, 9.17) is 0 Å². The standard InChI is InChI=1S/C8H20N.ClH2P.ClH/c1-5-9(6-2,7-3)8-4;1-2;/h5-8H2,1-4H3;2H2;1H/q+1;;/p-1. The fraction of sp³-hybridized carbons (Fsp3) is 1.00. The summed E-state index contributed by atoms with van der Waals surface area (Å²) in [7, 11) is 1.89. The summed E-state index contributed by atoms with van der Waals surface area (Å²) in [4.78, 5) is 0. The van der Waals surface area contributed by atoms with Gasteiger partial charge in [-0.3, -0.25) is 0 Å². The molecule has 0 aromatic carbocycles. The Labute approximate surface area is 90.8 Å². The van der Waals surface area contributed by atoms with Crippen molar-refractivity contribution < 1.29 is 16.9 Å². The maximum atomic E-state index is 4.56. The molecule has 0 fully saturated rings. The highest BCUT2D eigenvalue weighted by Crippen LogP contribution is 2.03. The van der Waals surface area contributed by atoms with Gasteiger partial charge in [-0.2, -0.15) is 0 Å². The highest BCUT2D eigenvalue weighted by molar-refractivity contribution is 7.52. The fourth-order valence-electron chi connectivity index (χ4n) is 1.34. The van der Waals surface area contributed by atoms with E-state index in [1.165, 1.54) is 30.7 Å². The van der Waals surface area contributed by atoms with Crippen LogP contribution < -0.4 is 12.4 Å². The minimum Gasteiger partial charge on any atom is -1.00 e. The first-order valence-corrected chi connectivity index (χ1v) is 6.06. The van der Waals surface area contributed by atoms with Gasteiger partial charge in [-0.25, -0.2) is 0 Å². The van der Waals surface area contributed by atoms with E-state index in [0.717, 1.165) is 0 Å². The quantitative estimate of drug-likeness (QED) is 0.471. The van der Waals surface area contributed by atoms with Gasteiger partial charge in [0.05, 0.1) is 26.2 Å². The topological polar surface area (TPSA) is 0 Å². The van der Waals surface area contributed by atoms with E-state index in [0.29, 0.717) is 0 Å². The van der Waals surface area contributed by atoms with Crippen LogP contribution in [0.3, 0.4) is 0 Å². The second-order valence-electron chi connectivity index (χ2n) is 2.61. The average molecular weight is 234 g/mol. The van der Waals surface area contributed by atoms with Gasteiger partial charge >= 0.3 is 0 Å². The van der Waals surface area contributed by atoms with Gasteiger partial charge in [-0.1, -0.05) is 0 Å². The molecule has 0 aliphatic carbocycles. The molecule has 12 heavy (non-hydrogen) atoms. The molecule has 0 saturated carbocycles. The Balaban J connectivity index is -0.000000249. The summed E-state index contributed by atoms with van der Waals surface area (Å²) in [5.74, 6) is 0. The smallest absolute Gasteiger partial charge is 0.0757 e. The highest BCUT2D eigenvalue weighted by Gasteiger charge is 2.16. The first kappa shape index (κ1) is 18.7. The Morgan fingerprint density at radius 1 is 0.833 bits per heavy atom. The van der Waals surface area contributed by atoms with Crippen LogP contribution >= 0.6 is 19.8 Å². The van der Waals surface area contributed by atoms with Crippen molar-refractivity contribution in [3.05, 3.63) is 0 Å². The van der Waals surface area contributed by atoms with E-state index in [2.05, 4.69) is 38.9 Å². The molecule has 0 aliphatic heterocycles. The van der Waals surface area contributed by atoms with Crippen LogP contribution in [0.5, 0.6) is 0 Å². The summed E-state index contributed by atoms with van der Waals surface area (Å²) in [6, 6.07) is 0. The molecule has 1 atom stereocenters. The van der Waals surface area contributed by atoms with Crippen LogP contribution in [-0.4, -0.2) is 30.7 Å². The van der Waals surface area contributed by atoms with Crippen LogP contribution in [0.4, 0.5) is 0 Å². The molecule has 0 bridgehead atoms. The number of hydrogen-bond donors (Lipinski definition) is 0. The molecular weight excluding hydrogens is 212 g/mol. The molecule has 0 radical (unpaired) electrons. The normalized spacial score (nSPS) is 9.50. The van der Waals surface area contributed by atoms with Crippen molar-refractivity contribution in [1.29, 1.82) is 0 Å². The predicted octanol–water partition coefficient (Wildman–Crippen LogP) is -0.0979. The summed E-state index contributed by atoms with van der Waals surface area (Å²) in [6.07, 6.45) is 0. The van der Waals surface area contributed by atoms with E-state index < -0.39 is 0 Å². The highest BCUT2D eigenvalue weighted by atomic mass is 35.7. The molecule has 78 valence electrons. The van der Waals surface area contributed by atoms with Crippen molar-refractivity contribution in [3.63, 3.8) is 0 Å². The first-order chi connectivity index (χ1) is 5.24. The van der Waals surface area contributed by atoms with Crippen molar-refractivity contribution in [3.8, 4) is 0 Å². The maximum Gasteiger partial charge on any atom is 0.0757 e. The number of rotatable bonds is 4. The second-order valence-corrected chi connectivity index (χ2v) is 2.61. The van der Waals surface area contributed by atoms with E-state index in [-0.39, 0.29) is 12.4 Å². The minimum absolute atomic E-state index is 0. The molecule has 0 saturated heterocycles. The number of halogens is 2. The van der Waals surface area contributed by atoms with Crippen molar-refractivity contribution in [2.24, 2.45) is 0 Å². The van der Waals surface area contributed by atoms with E-state index in [9.17, 15) is 0 Å². The Morgan fingerprint density at radius 3 is 1.00 bits per heavy atom. The Morgan fingerprint density at radius 2 is 1.00 bits per heavy atom. The van der Waals surface area contributed by atoms with Crippen LogP contribution in [0.25, 0.3) is 0 Å². The average Bonchev–Trinajstić information content (AvgIpc) is 2.13. The van der Waals surface area contributed by atoms with Crippen LogP contribution in [-0.2, 0) is 0 Å². The molecule has 0 amide bonds. The Hall–Kier alpha value is 0.970. The third-order valence-corrected chi connectivity index (χ3v) is 2.68. The lowest BCUT2D eigenvalue weighted by Gasteiger charge is -2.34. The van der Waals surface area contributed by atoms with Gasteiger partial charge in [-0.15, -0.1) is 11.2 Å². The lowest BCUT2D eigenvalue weighted by molar-refractivity contribution is -0.921. The molecule has 0 N–H and O–H groups in total. The summed E-state index contributed by atoms with van der Waals surface area (Å²) in [5, 5.41) is 0. The zero-order chi connectivity index (χ0) is 9.33. The van der Waals surface area contributed by atoms with Gasteiger partial charge in [0.2, 0.25) is 0 Å². The van der Waals surface area contributed by atoms with Crippen molar-refractivity contribution in [2.75, 3.05) is 26.2 Å². The molecular formula is C8H22Cl2NP. The maximum absolute atomic E-state index is 4.56. The summed E-state index contributed by atoms with van der Waals surface area (Å²) >= 11 is 4.56. The van der Waals surface area contributed by atoms with Crippen molar-refractivity contribution >= 4 is 19.8 Å². The fourth-order valence-corrected chi connectivity index (χ4v) is 1.34. The number of quaternary nitrogens is 1. The van der Waals surface area contributed by atoms with E-state index in [1.807, 2.05) is 8.59 Å². The lowest BCUT2D eigenvalue weighted by atomic mass is 10.3. The first-order valence-electron chi connectivity index (χ1n) is 4.31. The van der Waals surface area contributed by atoms with Gasteiger partial charge in [-0.05, 0) is 36.3 Å². The van der Waals surface area contributed by atoms with E-state index in [1.54, 1.807) is 0 Å². The number of nitrogens with zero attached hydrogens (tertiary/aromatic N) is 1. The SMILES string of the molecule is CC[N+](CC)(CC)CC.PCl.[Cl-]. The summed E-state index contributed by atoms with van der Waals surface area (Å²) in [6.45, 7) is 14.2. The van der Waals surface area contributed by atoms with Gasteiger partial charge in [0.15, 0.2) is 0 Å². The largest absolute Gasteiger partial charge is 1.00 e. The molecule has 0 aliphatic rings. The molecule has 0 spiro atoms. The molecule has 0 aromatic heterocycles. The Bertz CT molecular complexity index is 59.9. The van der Waals surface area contributed by atoms with Gasteiger partial charge in [0.1, 0.15) is 0 Å². The molecule has 4 heteroatoms. The molecule has 1 unspecified atom stereocenters. The molecule has 0 rings (SSSR count). The van der Waals surface area contributed by atoms with Gasteiger partial charge in [0, 0.05) is 0 Å². The molecule has 0 aromatic rings. The molecule has 1 nitrogen and oxygen atoms in total. The zero-order valence-corrected chi connectivity index (χ0v) is 11.3. The van der Waals surface area contributed by atoms with E-state index >= 15 is 0 Å². The third kappa shape index (κ3) is 6.48. The van der Waals surface area contributed by atoms with Crippen molar-refractivity contribution in [1.82, 2.24) is 0 Å². The van der Waals surface area contributed by atoms with Gasteiger partial charge in [0.25, 0.3) is 0 Å². The van der Waals surface area contributed by atoms with Crippen LogP contribution in [0.1, 0.15) is 27.7 Å². The lowest BCUT2D eigenvalue weighted by Crippen LogP contribution is -3.00. The third-order valence-electron chi connectivity index (χ3n) is 2.68. The number of hydrogen-bond acceptors (Lipinski definition) is 0. The summed E-state index contributed by atoms with van der Waals surface area (Å²) < 4.78 is 1.28. The van der Waals surface area contributed by atoms with Crippen molar-refractivity contribution in [2.45, 2.75) is 27.7 Å². The molecule has 0 heterocycles. The zero-order valence-electron chi connectivity index (χ0n) is 8.61. The monoisotopic (exact) mass is 233 g/mol. The Kier molecular flexibility index (Phi) is 18.6. The van der Waals surface area contributed by atoms with Gasteiger partial charge < -0.3 is 16.9 Å². The second kappa shape index (κ2) is 12.0. The predicted molar refractivity (Wildman–Crippen MR) is 58.0 cm³/mol. The van der Waals surface area contributed by atoms with Crippen LogP contribution in [0.15, 0.2) is 0 Å². The van der Waals surface area contributed by atoms with Crippen LogP contribution in [0.2, 0.25) is 0 Å². The van der Waals surface area contributed by atoms with Crippen LogP contribution in [0, 0.1) is 0 Å². The minimum atomic E-state index is 0. The summed E-state index contributed by atoms with van der Waals surface area (Å²) in [5.41, 5.74) is 0.